The second kappa shape index (κ2) is 6.64. The van der Waals surface area contributed by atoms with Crippen LogP contribution in [-0.4, -0.2) is 23.6 Å². The van der Waals surface area contributed by atoms with Gasteiger partial charge < -0.3 is 0 Å². The van der Waals surface area contributed by atoms with Crippen LogP contribution < -0.4 is 0 Å². The molecule has 0 aliphatic carbocycles. The van der Waals surface area contributed by atoms with E-state index in [9.17, 15) is 4.91 Å². The van der Waals surface area contributed by atoms with Crippen molar-refractivity contribution in [3.63, 3.8) is 0 Å². The van der Waals surface area contributed by atoms with Crippen LogP contribution in [0.5, 0.6) is 0 Å². The van der Waals surface area contributed by atoms with Crippen LogP contribution in [0.25, 0.3) is 0 Å². The molecule has 0 radical (unpaired) electrons. The van der Waals surface area contributed by atoms with Crippen molar-refractivity contribution in [3.8, 4) is 0 Å². The lowest BCUT2D eigenvalue weighted by Gasteiger charge is -2.18. The first kappa shape index (κ1) is 13.2. The van der Waals surface area contributed by atoms with Crippen molar-refractivity contribution >= 4 is 0 Å². The molecule has 0 saturated carbocycles. The van der Waals surface area contributed by atoms with Crippen molar-refractivity contribution in [1.29, 1.82) is 0 Å². The molecule has 1 aromatic heterocycles. The van der Waals surface area contributed by atoms with E-state index < -0.39 is 0 Å². The van der Waals surface area contributed by atoms with Gasteiger partial charge in [-0.1, -0.05) is 36.4 Å². The largest absolute Gasteiger partial charge is 0.264 e. The van der Waals surface area contributed by atoms with E-state index in [-0.39, 0.29) is 5.92 Å². The highest BCUT2D eigenvalue weighted by Gasteiger charge is 2.15. The zero-order valence-corrected chi connectivity index (χ0v) is 10.9. The molecule has 0 amide bonds. The maximum Gasteiger partial charge on any atom is 0.0521 e. The molecule has 0 bridgehead atoms. The maximum absolute atomic E-state index is 10.5. The Morgan fingerprint density at radius 2 is 1.89 bits per heavy atom. The average Bonchev–Trinajstić information content (AvgIpc) is 2.49. The lowest BCUT2D eigenvalue weighted by atomic mass is 9.92. The number of benzene rings is 1. The van der Waals surface area contributed by atoms with E-state index in [4.69, 9.17) is 0 Å². The van der Waals surface area contributed by atoms with Crippen molar-refractivity contribution in [2.75, 3.05) is 13.6 Å². The van der Waals surface area contributed by atoms with E-state index in [2.05, 4.69) is 22.4 Å². The summed E-state index contributed by atoms with van der Waals surface area (Å²) in [7, 11) is 1.69. The Kier molecular flexibility index (Phi) is 4.61. The van der Waals surface area contributed by atoms with E-state index in [1.165, 1.54) is 10.6 Å². The molecule has 0 saturated heterocycles. The number of nitrogens with zero attached hydrogens (tertiary/aromatic N) is 3. The van der Waals surface area contributed by atoms with Crippen molar-refractivity contribution < 1.29 is 0 Å². The molecule has 1 heterocycles. The summed E-state index contributed by atoms with van der Waals surface area (Å²) in [6.07, 6.45) is 2.61. The van der Waals surface area contributed by atoms with E-state index in [1.807, 2.05) is 36.4 Å². The van der Waals surface area contributed by atoms with Gasteiger partial charge in [0.15, 0.2) is 0 Å². The van der Waals surface area contributed by atoms with E-state index in [1.54, 1.807) is 13.2 Å². The van der Waals surface area contributed by atoms with Gasteiger partial charge in [0.2, 0.25) is 0 Å². The summed E-state index contributed by atoms with van der Waals surface area (Å²) in [5.41, 5.74) is 2.23. The molecule has 4 heteroatoms. The van der Waals surface area contributed by atoms with Gasteiger partial charge in [0.25, 0.3) is 0 Å². The number of pyridine rings is 1. The SMILES string of the molecule is CN(CCC(c1ccccc1)c1ccccn1)N=O. The van der Waals surface area contributed by atoms with Crippen LogP contribution in [0.15, 0.2) is 60.0 Å². The molecule has 0 aliphatic rings. The predicted octanol–water partition coefficient (Wildman–Crippen LogP) is 3.22. The standard InChI is InChI=1S/C15H17N3O/c1-18(17-19)12-10-14(13-7-3-2-4-8-13)15-9-5-6-11-16-15/h2-9,11,14H,10,12H2,1H3. The highest BCUT2D eigenvalue weighted by molar-refractivity contribution is 5.28. The third-order valence-corrected chi connectivity index (χ3v) is 3.13. The number of aromatic nitrogens is 1. The molecule has 0 spiro atoms. The molecule has 1 unspecified atom stereocenters. The molecule has 2 rings (SSSR count). The summed E-state index contributed by atoms with van der Waals surface area (Å²) in [6, 6.07) is 16.1. The smallest absolute Gasteiger partial charge is 0.0521 e. The Balaban J connectivity index is 2.21. The highest BCUT2D eigenvalue weighted by atomic mass is 16.3. The van der Waals surface area contributed by atoms with Gasteiger partial charge in [-0.3, -0.25) is 9.99 Å². The first-order valence-corrected chi connectivity index (χ1v) is 6.31. The third kappa shape index (κ3) is 3.61. The van der Waals surface area contributed by atoms with E-state index in [0.717, 1.165) is 12.1 Å². The summed E-state index contributed by atoms with van der Waals surface area (Å²) < 4.78 is 0. The molecule has 0 N–H and O–H groups in total. The Morgan fingerprint density at radius 1 is 1.16 bits per heavy atom. The Labute approximate surface area is 113 Å². The summed E-state index contributed by atoms with van der Waals surface area (Å²) in [6.45, 7) is 0.611. The monoisotopic (exact) mass is 255 g/mol. The van der Waals surface area contributed by atoms with E-state index in [0.29, 0.717) is 6.54 Å². The second-order valence-electron chi connectivity index (χ2n) is 4.47. The predicted molar refractivity (Wildman–Crippen MR) is 75.6 cm³/mol. The topological polar surface area (TPSA) is 45.6 Å². The van der Waals surface area contributed by atoms with Gasteiger partial charge in [-0.15, -0.1) is 4.91 Å². The van der Waals surface area contributed by atoms with Gasteiger partial charge in [-0.05, 0) is 24.1 Å². The molecule has 0 fully saturated rings. The van der Waals surface area contributed by atoms with Crippen LogP contribution in [0.1, 0.15) is 23.6 Å². The molecule has 2 aromatic rings. The van der Waals surface area contributed by atoms with Gasteiger partial charge in [0, 0.05) is 31.4 Å². The van der Waals surface area contributed by atoms with Crippen LogP contribution in [0.4, 0.5) is 0 Å². The minimum atomic E-state index is 0.187. The zero-order valence-electron chi connectivity index (χ0n) is 10.9. The summed E-state index contributed by atoms with van der Waals surface area (Å²) in [5.74, 6) is 0.187. The lowest BCUT2D eigenvalue weighted by molar-refractivity contribution is 0.336. The molecule has 1 aromatic carbocycles. The minimum absolute atomic E-state index is 0.187. The molecule has 0 aliphatic heterocycles. The molecule has 1 atom stereocenters. The molecular weight excluding hydrogens is 238 g/mol. The highest BCUT2D eigenvalue weighted by Crippen LogP contribution is 2.26. The summed E-state index contributed by atoms with van der Waals surface area (Å²) in [4.78, 5) is 14.9. The van der Waals surface area contributed by atoms with Crippen LogP contribution >= 0.6 is 0 Å². The van der Waals surface area contributed by atoms with Gasteiger partial charge in [0.05, 0.1) is 5.29 Å². The second-order valence-corrected chi connectivity index (χ2v) is 4.47. The van der Waals surface area contributed by atoms with Crippen molar-refractivity contribution in [2.24, 2.45) is 5.29 Å². The minimum Gasteiger partial charge on any atom is -0.264 e. The van der Waals surface area contributed by atoms with Crippen LogP contribution in [0.3, 0.4) is 0 Å². The van der Waals surface area contributed by atoms with Gasteiger partial charge in [-0.2, -0.15) is 0 Å². The van der Waals surface area contributed by atoms with Crippen molar-refractivity contribution in [1.82, 2.24) is 9.99 Å². The fourth-order valence-electron chi connectivity index (χ4n) is 2.11. The average molecular weight is 255 g/mol. The Morgan fingerprint density at radius 3 is 2.53 bits per heavy atom. The normalized spacial score (nSPS) is 11.8. The fourth-order valence-corrected chi connectivity index (χ4v) is 2.11. The van der Waals surface area contributed by atoms with E-state index >= 15 is 0 Å². The van der Waals surface area contributed by atoms with Gasteiger partial charge in [-0.25, -0.2) is 0 Å². The summed E-state index contributed by atoms with van der Waals surface area (Å²) >= 11 is 0. The first-order valence-electron chi connectivity index (χ1n) is 6.31. The zero-order chi connectivity index (χ0) is 13.5. The Bertz CT molecular complexity index is 462. The van der Waals surface area contributed by atoms with Crippen LogP contribution in [0.2, 0.25) is 0 Å². The van der Waals surface area contributed by atoms with Crippen molar-refractivity contribution in [3.05, 3.63) is 70.9 Å². The number of hydrogen-bond donors (Lipinski definition) is 0. The maximum atomic E-state index is 10.5. The number of nitroso groups, excluding NO2 is 1. The van der Waals surface area contributed by atoms with Gasteiger partial charge >= 0.3 is 0 Å². The molecular formula is C15H17N3O. The fraction of sp³-hybridized carbons (Fsp3) is 0.267. The lowest BCUT2D eigenvalue weighted by Crippen LogP contribution is -2.16. The van der Waals surface area contributed by atoms with Crippen molar-refractivity contribution in [2.45, 2.75) is 12.3 Å². The first-order chi connectivity index (χ1) is 9.31. The molecule has 98 valence electrons. The quantitative estimate of drug-likeness (QED) is 0.588. The Hall–Kier alpha value is -2.23. The third-order valence-electron chi connectivity index (χ3n) is 3.13. The van der Waals surface area contributed by atoms with Crippen LogP contribution in [-0.2, 0) is 0 Å². The number of hydrogen-bond acceptors (Lipinski definition) is 3. The number of rotatable bonds is 6. The summed E-state index contributed by atoms with van der Waals surface area (Å²) in [5, 5.41) is 4.33. The van der Waals surface area contributed by atoms with Crippen LogP contribution in [0, 0.1) is 4.91 Å². The molecule has 19 heavy (non-hydrogen) atoms. The van der Waals surface area contributed by atoms with Gasteiger partial charge in [0.1, 0.15) is 0 Å². The molecule has 4 nitrogen and oxygen atoms in total.